The first-order valence-electron chi connectivity index (χ1n) is 8.01. The maximum absolute atomic E-state index is 2.37. The van der Waals surface area contributed by atoms with Gasteiger partial charge in [0.1, 0.15) is 0 Å². The van der Waals surface area contributed by atoms with Crippen molar-refractivity contribution in [3.05, 3.63) is 60.2 Å². The number of rotatable bonds is 0. The van der Waals surface area contributed by atoms with Crippen molar-refractivity contribution in [1.82, 2.24) is 9.13 Å². The molecule has 0 radical (unpaired) electrons. The van der Waals surface area contributed by atoms with Gasteiger partial charge in [-0.25, -0.2) is 0 Å². The van der Waals surface area contributed by atoms with Crippen molar-refractivity contribution in [2.24, 2.45) is 14.1 Å². The molecule has 5 aromatic rings. The van der Waals surface area contributed by atoms with Crippen LogP contribution in [0.15, 0.2) is 54.6 Å². The Morgan fingerprint density at radius 1 is 0.565 bits per heavy atom. The van der Waals surface area contributed by atoms with E-state index in [9.17, 15) is 0 Å². The zero-order valence-electron chi connectivity index (χ0n) is 13.6. The fourth-order valence-electron chi connectivity index (χ4n) is 3.98. The Bertz CT molecular complexity index is 1240. The molecule has 3 aromatic carbocycles. The van der Waals surface area contributed by atoms with Gasteiger partial charge in [-0.3, -0.25) is 0 Å². The number of para-hydroxylation sites is 1. The van der Waals surface area contributed by atoms with E-state index in [2.05, 4.69) is 84.8 Å². The minimum atomic E-state index is 1.29. The van der Waals surface area contributed by atoms with Gasteiger partial charge in [0.2, 0.25) is 0 Å². The summed E-state index contributed by atoms with van der Waals surface area (Å²) in [7, 11) is 4.32. The lowest BCUT2D eigenvalue weighted by molar-refractivity contribution is 1.00. The van der Waals surface area contributed by atoms with Crippen molar-refractivity contribution in [2.45, 2.75) is 6.92 Å². The molecule has 112 valence electrons. The van der Waals surface area contributed by atoms with Crippen molar-refractivity contribution in [3.8, 4) is 0 Å². The highest BCUT2D eigenvalue weighted by atomic mass is 15.0. The molecule has 0 fully saturated rings. The van der Waals surface area contributed by atoms with E-state index in [1.165, 1.54) is 49.2 Å². The molecule has 0 saturated heterocycles. The summed E-state index contributed by atoms with van der Waals surface area (Å²) in [6.07, 6.45) is 0. The minimum Gasteiger partial charge on any atom is -0.344 e. The van der Waals surface area contributed by atoms with Crippen LogP contribution in [0.4, 0.5) is 0 Å². The van der Waals surface area contributed by atoms with Crippen LogP contribution in [0.3, 0.4) is 0 Å². The van der Waals surface area contributed by atoms with Crippen molar-refractivity contribution in [3.63, 3.8) is 0 Å². The van der Waals surface area contributed by atoms with E-state index >= 15 is 0 Å². The largest absolute Gasteiger partial charge is 0.344 e. The number of aromatic nitrogens is 2. The van der Waals surface area contributed by atoms with Gasteiger partial charge in [0, 0.05) is 46.7 Å². The lowest BCUT2D eigenvalue weighted by atomic mass is 10.1. The van der Waals surface area contributed by atoms with Crippen LogP contribution < -0.4 is 0 Å². The summed E-state index contributed by atoms with van der Waals surface area (Å²) >= 11 is 0. The Balaban J connectivity index is 2.08. The van der Waals surface area contributed by atoms with Crippen LogP contribution in [-0.2, 0) is 14.1 Å². The predicted octanol–water partition coefficient (Wildman–Crippen LogP) is 5.28. The third-order valence-corrected chi connectivity index (χ3v) is 5.20. The first-order valence-corrected chi connectivity index (χ1v) is 8.01. The SMILES string of the molecule is Cc1ccc2c(c1)c1cc3c4ccccc4n(C)c3cc1n2C. The maximum atomic E-state index is 2.37. The lowest BCUT2D eigenvalue weighted by Gasteiger charge is -2.00. The van der Waals surface area contributed by atoms with Gasteiger partial charge in [-0.2, -0.15) is 0 Å². The molecule has 0 atom stereocenters. The number of fused-ring (bicyclic) bond motifs is 6. The smallest absolute Gasteiger partial charge is 0.0510 e. The second kappa shape index (κ2) is 4.17. The van der Waals surface area contributed by atoms with Crippen LogP contribution in [0, 0.1) is 6.92 Å². The van der Waals surface area contributed by atoms with E-state index in [4.69, 9.17) is 0 Å². The standard InChI is InChI=1S/C21H18N2/c1-13-8-9-19-15(10-13)17-11-16-14-6-4-5-7-18(14)22(2)20(16)12-21(17)23(19)3/h4-12H,1-3H3. The van der Waals surface area contributed by atoms with Crippen LogP contribution >= 0.6 is 0 Å². The van der Waals surface area contributed by atoms with Gasteiger partial charge in [0.15, 0.2) is 0 Å². The van der Waals surface area contributed by atoms with E-state index < -0.39 is 0 Å². The summed E-state index contributed by atoms with van der Waals surface area (Å²) in [6.45, 7) is 2.16. The average molecular weight is 298 g/mol. The highest BCUT2D eigenvalue weighted by Gasteiger charge is 2.13. The molecule has 2 heterocycles. The highest BCUT2D eigenvalue weighted by Crippen LogP contribution is 2.36. The van der Waals surface area contributed by atoms with Gasteiger partial charge >= 0.3 is 0 Å². The van der Waals surface area contributed by atoms with E-state index in [-0.39, 0.29) is 0 Å². The molecule has 0 N–H and O–H groups in total. The van der Waals surface area contributed by atoms with Crippen LogP contribution in [0.25, 0.3) is 43.6 Å². The van der Waals surface area contributed by atoms with Crippen LogP contribution in [-0.4, -0.2) is 9.13 Å². The Labute approximate surface area is 134 Å². The monoisotopic (exact) mass is 298 g/mol. The average Bonchev–Trinajstić information content (AvgIpc) is 3.00. The van der Waals surface area contributed by atoms with Crippen LogP contribution in [0.2, 0.25) is 0 Å². The van der Waals surface area contributed by atoms with Crippen molar-refractivity contribution < 1.29 is 0 Å². The Morgan fingerprint density at radius 3 is 1.96 bits per heavy atom. The molecule has 0 saturated carbocycles. The van der Waals surface area contributed by atoms with Crippen molar-refractivity contribution >= 4 is 43.6 Å². The van der Waals surface area contributed by atoms with Gasteiger partial charge in [0.05, 0.1) is 11.0 Å². The Morgan fingerprint density at radius 2 is 1.17 bits per heavy atom. The molecule has 0 amide bonds. The van der Waals surface area contributed by atoms with Gasteiger partial charge in [-0.1, -0.05) is 29.8 Å². The molecule has 0 bridgehead atoms. The number of nitrogens with zero attached hydrogens (tertiary/aromatic N) is 2. The van der Waals surface area contributed by atoms with Gasteiger partial charge in [-0.15, -0.1) is 0 Å². The van der Waals surface area contributed by atoms with Crippen LogP contribution in [0.1, 0.15) is 5.56 Å². The van der Waals surface area contributed by atoms with E-state index in [1.54, 1.807) is 0 Å². The summed E-state index contributed by atoms with van der Waals surface area (Å²) in [5.41, 5.74) is 6.48. The summed E-state index contributed by atoms with van der Waals surface area (Å²) < 4.78 is 4.61. The zero-order valence-corrected chi connectivity index (χ0v) is 13.6. The van der Waals surface area contributed by atoms with E-state index in [0.717, 1.165) is 0 Å². The van der Waals surface area contributed by atoms with E-state index in [0.29, 0.717) is 0 Å². The molecule has 2 aromatic heterocycles. The maximum Gasteiger partial charge on any atom is 0.0510 e. The Hall–Kier alpha value is -2.74. The molecule has 0 aliphatic heterocycles. The highest BCUT2D eigenvalue weighted by molar-refractivity contribution is 6.18. The molecule has 23 heavy (non-hydrogen) atoms. The quantitative estimate of drug-likeness (QED) is 0.368. The predicted molar refractivity (Wildman–Crippen MR) is 99.1 cm³/mol. The number of benzene rings is 3. The molecule has 5 rings (SSSR count). The number of aryl methyl sites for hydroxylation is 3. The topological polar surface area (TPSA) is 9.86 Å². The normalized spacial score (nSPS) is 12.1. The molecule has 0 unspecified atom stereocenters. The molecule has 0 aliphatic carbocycles. The number of hydrogen-bond donors (Lipinski definition) is 0. The molecule has 2 heteroatoms. The van der Waals surface area contributed by atoms with Gasteiger partial charge in [0.25, 0.3) is 0 Å². The molecule has 0 spiro atoms. The molecule has 2 nitrogen and oxygen atoms in total. The zero-order chi connectivity index (χ0) is 15.7. The van der Waals surface area contributed by atoms with Crippen LogP contribution in [0.5, 0.6) is 0 Å². The van der Waals surface area contributed by atoms with E-state index in [1.807, 2.05) is 0 Å². The summed E-state index contributed by atoms with van der Waals surface area (Å²) in [5, 5.41) is 5.36. The summed E-state index contributed by atoms with van der Waals surface area (Å²) in [5.74, 6) is 0. The fourth-order valence-corrected chi connectivity index (χ4v) is 3.98. The van der Waals surface area contributed by atoms with Crippen molar-refractivity contribution in [1.29, 1.82) is 0 Å². The first-order chi connectivity index (χ1) is 11.1. The van der Waals surface area contributed by atoms with Gasteiger partial charge in [-0.05, 0) is 37.3 Å². The minimum absolute atomic E-state index is 1.29. The second-order valence-corrected chi connectivity index (χ2v) is 6.54. The first kappa shape index (κ1) is 12.8. The fraction of sp³-hybridized carbons (Fsp3) is 0.143. The third-order valence-electron chi connectivity index (χ3n) is 5.20. The summed E-state index contributed by atoms with van der Waals surface area (Å²) in [4.78, 5) is 0. The van der Waals surface area contributed by atoms with Gasteiger partial charge < -0.3 is 9.13 Å². The third kappa shape index (κ3) is 1.53. The van der Waals surface area contributed by atoms with Crippen molar-refractivity contribution in [2.75, 3.05) is 0 Å². The second-order valence-electron chi connectivity index (χ2n) is 6.54. The Kier molecular flexibility index (Phi) is 2.31. The molecular weight excluding hydrogens is 280 g/mol. The summed E-state index contributed by atoms with van der Waals surface area (Å²) in [6, 6.07) is 20.1. The number of hydrogen-bond acceptors (Lipinski definition) is 0. The molecule has 0 aliphatic rings. The molecular formula is C21H18N2. The lowest BCUT2D eigenvalue weighted by Crippen LogP contribution is -1.89.